The highest BCUT2D eigenvalue weighted by Gasteiger charge is 2.20. The van der Waals surface area contributed by atoms with E-state index in [0.29, 0.717) is 10.8 Å². The van der Waals surface area contributed by atoms with Crippen LogP contribution >= 0.6 is 11.3 Å². The first-order valence-electron chi connectivity index (χ1n) is 5.37. The fraction of sp³-hybridized carbons (Fsp3) is 0.0833. The van der Waals surface area contributed by atoms with E-state index in [1.165, 1.54) is 41.5 Å². The number of halogens is 1. The molecule has 0 atom stereocenters. The summed E-state index contributed by atoms with van der Waals surface area (Å²) >= 11 is 1.21. The number of hydrazone groups is 1. The molecule has 2 N–H and O–H groups in total. The first-order chi connectivity index (χ1) is 9.13. The Hall–Kier alpha value is -2.28. The number of nitrogens with two attached hydrogens (primary N) is 1. The van der Waals surface area contributed by atoms with Crippen molar-refractivity contribution in [1.29, 1.82) is 0 Å². The second-order valence-corrected chi connectivity index (χ2v) is 4.48. The average Bonchev–Trinajstić information content (AvgIpc) is 2.80. The lowest BCUT2D eigenvalue weighted by Crippen LogP contribution is -2.23. The van der Waals surface area contributed by atoms with Crippen LogP contribution < -0.4 is 10.7 Å². The summed E-state index contributed by atoms with van der Waals surface area (Å²) in [5, 5.41) is 5.41. The number of anilines is 2. The van der Waals surface area contributed by atoms with Crippen LogP contribution in [0, 0.1) is 5.82 Å². The summed E-state index contributed by atoms with van der Waals surface area (Å²) in [5.74, 6) is 4.23. The summed E-state index contributed by atoms with van der Waals surface area (Å²) in [7, 11) is 0. The van der Waals surface area contributed by atoms with Gasteiger partial charge in [0.05, 0.1) is 17.6 Å². The van der Waals surface area contributed by atoms with Gasteiger partial charge in [0.2, 0.25) is 5.91 Å². The lowest BCUT2D eigenvalue weighted by atomic mass is 10.3. The largest absolute Gasteiger partial charge is 0.323 e. The molecule has 0 unspecified atom stereocenters. The van der Waals surface area contributed by atoms with Crippen molar-refractivity contribution in [2.45, 2.75) is 6.92 Å². The van der Waals surface area contributed by atoms with Gasteiger partial charge in [0.25, 0.3) is 0 Å². The molecule has 0 fully saturated rings. The zero-order chi connectivity index (χ0) is 13.8. The molecule has 2 rings (SSSR count). The van der Waals surface area contributed by atoms with E-state index in [0.717, 1.165) is 0 Å². The number of amides is 1. The molecule has 0 aliphatic heterocycles. The van der Waals surface area contributed by atoms with Crippen molar-refractivity contribution in [3.63, 3.8) is 0 Å². The number of aromatic nitrogens is 1. The average molecular weight is 278 g/mol. The van der Waals surface area contributed by atoms with Crippen molar-refractivity contribution < 1.29 is 9.18 Å². The van der Waals surface area contributed by atoms with Gasteiger partial charge >= 0.3 is 0 Å². The molecule has 0 saturated carbocycles. The molecule has 0 spiro atoms. The van der Waals surface area contributed by atoms with Gasteiger partial charge in [-0.15, -0.1) is 11.3 Å². The maximum Gasteiger partial charge on any atom is 0.230 e. The van der Waals surface area contributed by atoms with E-state index < -0.39 is 5.82 Å². The normalized spacial score (nSPS) is 10.8. The number of carbonyl (C=O) groups is 1. The van der Waals surface area contributed by atoms with Crippen molar-refractivity contribution in [3.8, 4) is 0 Å². The Balaban J connectivity index is 2.46. The van der Waals surface area contributed by atoms with Gasteiger partial charge in [-0.05, 0) is 12.1 Å². The molecule has 1 aromatic heterocycles. The van der Waals surface area contributed by atoms with Gasteiger partial charge in [-0.3, -0.25) is 9.69 Å². The first-order valence-corrected chi connectivity index (χ1v) is 6.25. The van der Waals surface area contributed by atoms with Crippen LogP contribution in [0.25, 0.3) is 0 Å². The Kier molecular flexibility index (Phi) is 3.86. The van der Waals surface area contributed by atoms with Crippen molar-refractivity contribution in [2.24, 2.45) is 10.9 Å². The minimum absolute atomic E-state index is 0.167. The number of benzene rings is 1. The number of carbonyl (C=O) groups excluding carboxylic acids is 1. The van der Waals surface area contributed by atoms with E-state index in [4.69, 9.17) is 5.84 Å². The standard InChI is InChI=1S/C12H11FN4OS/c1-8(18)17(11-5-3-2-4-10(11)13)12-16-9(6-15-14)7-19-12/h2-7H,14H2,1H3/b15-6-. The molecule has 98 valence electrons. The molecule has 1 aromatic carbocycles. The molecule has 1 heterocycles. The minimum Gasteiger partial charge on any atom is -0.323 e. The number of hydrogen-bond acceptors (Lipinski definition) is 5. The lowest BCUT2D eigenvalue weighted by molar-refractivity contribution is -0.115. The molecule has 0 aliphatic carbocycles. The number of para-hydroxylation sites is 1. The molecular weight excluding hydrogens is 267 g/mol. The fourth-order valence-corrected chi connectivity index (χ4v) is 2.39. The van der Waals surface area contributed by atoms with Crippen molar-refractivity contribution >= 4 is 34.3 Å². The van der Waals surface area contributed by atoms with E-state index in [-0.39, 0.29) is 11.6 Å². The topological polar surface area (TPSA) is 71.6 Å². The van der Waals surface area contributed by atoms with Crippen LogP contribution in [0.5, 0.6) is 0 Å². The molecule has 19 heavy (non-hydrogen) atoms. The summed E-state index contributed by atoms with van der Waals surface area (Å²) < 4.78 is 13.8. The molecule has 5 nitrogen and oxygen atoms in total. The Morgan fingerprint density at radius 1 is 1.53 bits per heavy atom. The van der Waals surface area contributed by atoms with Gasteiger partial charge < -0.3 is 5.84 Å². The highest BCUT2D eigenvalue weighted by Crippen LogP contribution is 2.30. The van der Waals surface area contributed by atoms with Crippen molar-refractivity contribution in [3.05, 3.63) is 41.2 Å². The molecule has 0 bridgehead atoms. The van der Waals surface area contributed by atoms with Gasteiger partial charge in [-0.1, -0.05) is 12.1 Å². The van der Waals surface area contributed by atoms with Gasteiger partial charge in [-0.25, -0.2) is 9.37 Å². The van der Waals surface area contributed by atoms with Crippen molar-refractivity contribution in [2.75, 3.05) is 4.90 Å². The molecule has 0 aliphatic rings. The van der Waals surface area contributed by atoms with Gasteiger partial charge in [0.1, 0.15) is 5.82 Å². The molecular formula is C12H11FN4OS. The third-order valence-electron chi connectivity index (χ3n) is 2.32. The molecule has 0 saturated heterocycles. The summed E-state index contributed by atoms with van der Waals surface area (Å²) in [5.41, 5.74) is 0.686. The zero-order valence-electron chi connectivity index (χ0n) is 10.1. The van der Waals surface area contributed by atoms with E-state index in [9.17, 15) is 9.18 Å². The van der Waals surface area contributed by atoms with Gasteiger partial charge in [0, 0.05) is 12.3 Å². The SMILES string of the molecule is CC(=O)N(c1nc(/C=N\N)cs1)c1ccccc1F. The Morgan fingerprint density at radius 3 is 2.89 bits per heavy atom. The van der Waals surface area contributed by atoms with Crippen LogP contribution in [-0.2, 0) is 4.79 Å². The number of rotatable bonds is 3. The second kappa shape index (κ2) is 5.57. The highest BCUT2D eigenvalue weighted by molar-refractivity contribution is 7.14. The van der Waals surface area contributed by atoms with Crippen LogP contribution in [0.15, 0.2) is 34.7 Å². The monoisotopic (exact) mass is 278 g/mol. The lowest BCUT2D eigenvalue weighted by Gasteiger charge is -2.18. The quantitative estimate of drug-likeness (QED) is 0.532. The van der Waals surface area contributed by atoms with Crippen LogP contribution in [0.2, 0.25) is 0 Å². The van der Waals surface area contributed by atoms with Crippen LogP contribution in [0.1, 0.15) is 12.6 Å². The summed E-state index contributed by atoms with van der Waals surface area (Å²) in [4.78, 5) is 17.1. The second-order valence-electron chi connectivity index (χ2n) is 3.64. The number of nitrogens with zero attached hydrogens (tertiary/aromatic N) is 3. The minimum atomic E-state index is -0.484. The van der Waals surface area contributed by atoms with Gasteiger partial charge in [-0.2, -0.15) is 5.10 Å². The van der Waals surface area contributed by atoms with Crippen molar-refractivity contribution in [1.82, 2.24) is 4.98 Å². The third kappa shape index (κ3) is 2.76. The summed E-state index contributed by atoms with van der Waals surface area (Å²) in [6, 6.07) is 6.03. The number of hydrogen-bond donors (Lipinski definition) is 1. The summed E-state index contributed by atoms with van der Waals surface area (Å²) in [6.07, 6.45) is 1.36. The zero-order valence-corrected chi connectivity index (χ0v) is 10.9. The van der Waals surface area contributed by atoms with E-state index in [1.807, 2.05) is 0 Å². The maximum atomic E-state index is 13.8. The number of thiazole rings is 1. The Morgan fingerprint density at radius 2 is 2.26 bits per heavy atom. The predicted octanol–water partition coefficient (Wildman–Crippen LogP) is 2.26. The predicted molar refractivity (Wildman–Crippen MR) is 73.1 cm³/mol. The third-order valence-corrected chi connectivity index (χ3v) is 3.16. The molecule has 7 heteroatoms. The summed E-state index contributed by atoms with van der Waals surface area (Å²) in [6.45, 7) is 1.35. The fourth-order valence-electron chi connectivity index (χ4n) is 1.56. The van der Waals surface area contributed by atoms with Crippen LogP contribution in [-0.4, -0.2) is 17.1 Å². The smallest absolute Gasteiger partial charge is 0.230 e. The Labute approximate surface area is 113 Å². The first kappa shape index (κ1) is 13.2. The van der Waals surface area contributed by atoms with Gasteiger partial charge in [0.15, 0.2) is 5.13 Å². The molecule has 2 aromatic rings. The van der Waals surface area contributed by atoms with E-state index in [2.05, 4.69) is 10.1 Å². The van der Waals surface area contributed by atoms with Crippen LogP contribution in [0.4, 0.5) is 15.2 Å². The van der Waals surface area contributed by atoms with Crippen LogP contribution in [0.3, 0.4) is 0 Å². The van der Waals surface area contributed by atoms with E-state index in [1.54, 1.807) is 17.5 Å². The highest BCUT2D eigenvalue weighted by atomic mass is 32.1. The molecule has 1 amide bonds. The Bertz CT molecular complexity index is 626. The maximum absolute atomic E-state index is 13.8. The molecule has 0 radical (unpaired) electrons. The van der Waals surface area contributed by atoms with E-state index >= 15 is 0 Å².